The molecule has 0 saturated carbocycles. The highest BCUT2D eigenvalue weighted by molar-refractivity contribution is 7.90. The molecule has 3 aromatic rings. The van der Waals surface area contributed by atoms with Crippen LogP contribution >= 0.6 is 0 Å². The third kappa shape index (κ3) is 5.87. The van der Waals surface area contributed by atoms with Gasteiger partial charge in [0.05, 0.1) is 49.6 Å². The molecular formula is C24H30N4O5S. The van der Waals surface area contributed by atoms with Crippen LogP contribution in [0.15, 0.2) is 64.5 Å². The molecular weight excluding hydrogens is 456 g/mol. The molecule has 1 fully saturated rings. The molecule has 182 valence electrons. The fourth-order valence-electron chi connectivity index (χ4n) is 4.06. The van der Waals surface area contributed by atoms with Crippen LogP contribution in [0.4, 0.5) is 4.79 Å². The highest BCUT2D eigenvalue weighted by Gasteiger charge is 2.28. The van der Waals surface area contributed by atoms with E-state index in [1.807, 2.05) is 25.1 Å². The average molecular weight is 487 g/mol. The van der Waals surface area contributed by atoms with Crippen molar-refractivity contribution in [1.82, 2.24) is 19.8 Å². The van der Waals surface area contributed by atoms with Crippen LogP contribution in [0, 0.1) is 0 Å². The van der Waals surface area contributed by atoms with E-state index in [2.05, 4.69) is 10.3 Å². The van der Waals surface area contributed by atoms with Crippen molar-refractivity contribution in [2.45, 2.75) is 56.4 Å². The van der Waals surface area contributed by atoms with Crippen LogP contribution in [0.25, 0.3) is 0 Å². The summed E-state index contributed by atoms with van der Waals surface area (Å²) in [7, 11) is -3.72. The molecule has 1 aliphatic heterocycles. The monoisotopic (exact) mass is 486 g/mol. The standard InChI is InChI=1S/C24H30N4O5S/c1-2-25-23(29)27(16-21-10-6-12-32-21)15-20-14-26-24(28(20)17-22-11-7-13-33-22)34(30,31)18-19-8-4-3-5-9-19/h3-6,8-10,12,14,22H,2,7,11,13,15-18H2,1H3,(H,25,29)/t22-/m1/s1. The van der Waals surface area contributed by atoms with Gasteiger partial charge < -0.3 is 23.9 Å². The van der Waals surface area contributed by atoms with Crippen LogP contribution in [-0.4, -0.2) is 48.2 Å². The Kier molecular flexibility index (Phi) is 7.69. The van der Waals surface area contributed by atoms with E-state index >= 15 is 0 Å². The van der Waals surface area contributed by atoms with Crippen LogP contribution in [0.1, 0.15) is 36.8 Å². The molecule has 0 radical (unpaired) electrons. The number of carbonyl (C=O) groups excluding carboxylic acids is 1. The van der Waals surface area contributed by atoms with Crippen LogP contribution in [0.3, 0.4) is 0 Å². The predicted octanol–water partition coefficient (Wildman–Crippen LogP) is 3.36. The summed E-state index contributed by atoms with van der Waals surface area (Å²) < 4.78 is 39.6. The zero-order valence-corrected chi connectivity index (χ0v) is 20.0. The van der Waals surface area contributed by atoms with Gasteiger partial charge in [0, 0.05) is 13.2 Å². The first kappa shape index (κ1) is 24.0. The Balaban J connectivity index is 1.65. The Hall–Kier alpha value is -3.11. The summed E-state index contributed by atoms with van der Waals surface area (Å²) >= 11 is 0. The zero-order valence-electron chi connectivity index (χ0n) is 19.2. The summed E-state index contributed by atoms with van der Waals surface area (Å²) in [5.41, 5.74) is 1.32. The van der Waals surface area contributed by atoms with Crippen molar-refractivity contribution < 1.29 is 22.4 Å². The first-order valence-electron chi connectivity index (χ1n) is 11.4. The third-order valence-corrected chi connectivity index (χ3v) is 7.28. The Morgan fingerprint density at radius 3 is 2.71 bits per heavy atom. The van der Waals surface area contributed by atoms with Crippen molar-refractivity contribution in [2.24, 2.45) is 0 Å². The first-order chi connectivity index (χ1) is 16.5. The molecule has 0 unspecified atom stereocenters. The van der Waals surface area contributed by atoms with E-state index in [1.54, 1.807) is 46.2 Å². The quantitative estimate of drug-likeness (QED) is 0.471. The molecule has 1 atom stereocenters. The highest BCUT2D eigenvalue weighted by Crippen LogP contribution is 2.23. The number of imidazole rings is 1. The van der Waals surface area contributed by atoms with Gasteiger partial charge >= 0.3 is 6.03 Å². The maximum absolute atomic E-state index is 13.4. The smallest absolute Gasteiger partial charge is 0.318 e. The molecule has 0 bridgehead atoms. The second-order valence-corrected chi connectivity index (χ2v) is 10.2. The molecule has 2 aromatic heterocycles. The molecule has 1 aromatic carbocycles. The average Bonchev–Trinajstić information content (AvgIpc) is 3.58. The van der Waals surface area contributed by atoms with Crippen molar-refractivity contribution in [3.8, 4) is 0 Å². The van der Waals surface area contributed by atoms with E-state index in [0.717, 1.165) is 12.8 Å². The van der Waals surface area contributed by atoms with Gasteiger partial charge in [-0.1, -0.05) is 30.3 Å². The summed E-state index contributed by atoms with van der Waals surface area (Å²) in [5, 5.41) is 2.81. The van der Waals surface area contributed by atoms with Crippen molar-refractivity contribution in [2.75, 3.05) is 13.2 Å². The summed E-state index contributed by atoms with van der Waals surface area (Å²) in [4.78, 5) is 18.7. The van der Waals surface area contributed by atoms with E-state index in [9.17, 15) is 13.2 Å². The summed E-state index contributed by atoms with van der Waals surface area (Å²) in [6, 6.07) is 12.3. The fraction of sp³-hybridized carbons (Fsp3) is 0.417. The normalized spacial score (nSPS) is 16.0. The second-order valence-electron chi connectivity index (χ2n) is 8.29. The van der Waals surface area contributed by atoms with E-state index in [4.69, 9.17) is 9.15 Å². The number of amides is 2. The Morgan fingerprint density at radius 1 is 1.21 bits per heavy atom. The van der Waals surface area contributed by atoms with Crippen LogP contribution < -0.4 is 5.32 Å². The lowest BCUT2D eigenvalue weighted by molar-refractivity contribution is 0.0934. The number of hydrogen-bond donors (Lipinski definition) is 1. The Morgan fingerprint density at radius 2 is 2.03 bits per heavy atom. The topological polar surface area (TPSA) is 107 Å². The lowest BCUT2D eigenvalue weighted by Gasteiger charge is -2.23. The molecule has 2 amide bonds. The number of hydrogen-bond acceptors (Lipinski definition) is 6. The number of nitrogens with one attached hydrogen (secondary N) is 1. The number of nitrogens with zero attached hydrogens (tertiary/aromatic N) is 3. The van der Waals surface area contributed by atoms with Gasteiger partial charge in [0.1, 0.15) is 5.76 Å². The molecule has 3 heterocycles. The number of furan rings is 1. The molecule has 0 aliphatic carbocycles. The molecule has 1 N–H and O–H groups in total. The van der Waals surface area contributed by atoms with E-state index in [-0.39, 0.29) is 36.1 Å². The zero-order chi connectivity index (χ0) is 24.0. The Labute approximate surface area is 199 Å². The number of carbonyl (C=O) groups is 1. The van der Waals surface area contributed by atoms with Gasteiger partial charge in [-0.3, -0.25) is 0 Å². The Bertz CT molecular complexity index is 1170. The van der Waals surface area contributed by atoms with Crippen molar-refractivity contribution in [1.29, 1.82) is 0 Å². The number of urea groups is 1. The summed E-state index contributed by atoms with van der Waals surface area (Å²) in [6.45, 7) is 3.76. The molecule has 34 heavy (non-hydrogen) atoms. The van der Waals surface area contributed by atoms with Crippen LogP contribution in [0.5, 0.6) is 0 Å². The number of ether oxygens (including phenoxy) is 1. The van der Waals surface area contributed by atoms with Crippen LogP contribution in [0.2, 0.25) is 0 Å². The SMILES string of the molecule is CCNC(=O)N(Cc1ccco1)Cc1cnc(S(=O)(=O)Cc2ccccc2)n1C[C@H]1CCCO1. The van der Waals surface area contributed by atoms with Crippen LogP contribution in [-0.2, 0) is 40.0 Å². The van der Waals surface area contributed by atoms with Crippen molar-refractivity contribution >= 4 is 15.9 Å². The molecule has 0 spiro atoms. The van der Waals surface area contributed by atoms with E-state index in [1.165, 1.54) is 0 Å². The number of benzene rings is 1. The van der Waals surface area contributed by atoms with E-state index in [0.29, 0.717) is 36.7 Å². The minimum atomic E-state index is -3.72. The number of sulfone groups is 1. The van der Waals surface area contributed by atoms with Gasteiger partial charge in [-0.15, -0.1) is 0 Å². The van der Waals surface area contributed by atoms with Gasteiger partial charge in [0.25, 0.3) is 0 Å². The maximum atomic E-state index is 13.4. The lowest BCUT2D eigenvalue weighted by atomic mass is 10.2. The van der Waals surface area contributed by atoms with Crippen molar-refractivity contribution in [3.05, 3.63) is 71.9 Å². The molecule has 1 aliphatic rings. The largest absolute Gasteiger partial charge is 0.467 e. The highest BCUT2D eigenvalue weighted by atomic mass is 32.2. The number of rotatable bonds is 10. The van der Waals surface area contributed by atoms with Gasteiger partial charge in [0.2, 0.25) is 15.0 Å². The molecule has 1 saturated heterocycles. The molecule has 4 rings (SSSR count). The minimum Gasteiger partial charge on any atom is -0.467 e. The van der Waals surface area contributed by atoms with Gasteiger partial charge in [-0.2, -0.15) is 0 Å². The lowest BCUT2D eigenvalue weighted by Crippen LogP contribution is -2.39. The fourth-order valence-corrected chi connectivity index (χ4v) is 5.56. The number of aromatic nitrogens is 2. The minimum absolute atomic E-state index is 0.00398. The maximum Gasteiger partial charge on any atom is 0.318 e. The molecule has 10 heteroatoms. The molecule has 9 nitrogen and oxygen atoms in total. The van der Waals surface area contributed by atoms with Gasteiger partial charge in [-0.25, -0.2) is 18.2 Å². The van der Waals surface area contributed by atoms with E-state index < -0.39 is 9.84 Å². The first-order valence-corrected chi connectivity index (χ1v) is 13.1. The second kappa shape index (κ2) is 10.9. The third-order valence-electron chi connectivity index (χ3n) is 5.68. The summed E-state index contributed by atoms with van der Waals surface area (Å²) in [6.07, 6.45) is 4.79. The van der Waals surface area contributed by atoms with Gasteiger partial charge in [0.15, 0.2) is 0 Å². The predicted molar refractivity (Wildman–Crippen MR) is 126 cm³/mol. The van der Waals surface area contributed by atoms with Crippen molar-refractivity contribution in [3.63, 3.8) is 0 Å². The summed E-state index contributed by atoms with van der Waals surface area (Å²) in [5.74, 6) is 0.482. The van der Waals surface area contributed by atoms with Gasteiger partial charge in [-0.05, 0) is 37.5 Å².